The van der Waals surface area contributed by atoms with Gasteiger partial charge in [0.1, 0.15) is 6.33 Å². The number of carbonyl (C=O) groups excluding carboxylic acids is 1. The van der Waals surface area contributed by atoms with Crippen LogP contribution in [0.15, 0.2) is 66.1 Å². The lowest BCUT2D eigenvalue weighted by atomic mass is 10.1. The van der Waals surface area contributed by atoms with Crippen LogP contribution in [0.25, 0.3) is 10.8 Å². The van der Waals surface area contributed by atoms with Gasteiger partial charge in [0, 0.05) is 38.5 Å². The molecule has 2 aliphatic heterocycles. The van der Waals surface area contributed by atoms with Gasteiger partial charge in [-0.2, -0.15) is 5.01 Å². The molecule has 0 bridgehead atoms. The molecule has 0 spiro atoms. The van der Waals surface area contributed by atoms with Gasteiger partial charge in [-0.25, -0.2) is 27.9 Å². The van der Waals surface area contributed by atoms with E-state index in [-0.39, 0.29) is 29.6 Å². The van der Waals surface area contributed by atoms with Crippen LogP contribution in [0.4, 0.5) is 0 Å². The van der Waals surface area contributed by atoms with Crippen molar-refractivity contribution in [1.82, 2.24) is 24.9 Å². The second kappa shape index (κ2) is 9.72. The molecule has 2 saturated heterocycles. The van der Waals surface area contributed by atoms with Crippen LogP contribution in [0.1, 0.15) is 29.6 Å². The number of nitrogens with one attached hydrogen (secondary N) is 1. The van der Waals surface area contributed by atoms with E-state index in [1.807, 2.05) is 24.3 Å². The molecule has 3 aromatic rings. The Morgan fingerprint density at radius 2 is 1.85 bits per heavy atom. The molecule has 2 aromatic carbocycles. The standard InChI is InChI=1S/C23H25N5O5S/c29-23(19-12-24-16-25-13-19)28(33-22-7-3-4-10-32-22)27-14-20(15-27)26-34(30,31)21-9-8-17-5-1-2-6-18(17)11-21/h1-2,5-6,8-9,11-13,16,20,22,26H,3-4,7,10,14-15H2. The summed E-state index contributed by atoms with van der Waals surface area (Å²) in [6, 6.07) is 12.2. The first kappa shape index (κ1) is 22.8. The third kappa shape index (κ3) is 4.93. The Hall–Kier alpha value is -2.96. The fourth-order valence-electron chi connectivity index (χ4n) is 3.97. The fourth-order valence-corrected chi connectivity index (χ4v) is 5.22. The van der Waals surface area contributed by atoms with E-state index in [1.54, 1.807) is 23.2 Å². The van der Waals surface area contributed by atoms with E-state index in [1.165, 1.54) is 18.7 Å². The molecule has 1 atom stereocenters. The van der Waals surface area contributed by atoms with Crippen molar-refractivity contribution in [3.8, 4) is 0 Å². The van der Waals surface area contributed by atoms with Crippen molar-refractivity contribution in [1.29, 1.82) is 0 Å². The van der Waals surface area contributed by atoms with E-state index in [2.05, 4.69) is 14.7 Å². The van der Waals surface area contributed by atoms with Crippen LogP contribution in [0.5, 0.6) is 0 Å². The van der Waals surface area contributed by atoms with Crippen LogP contribution in [-0.2, 0) is 19.6 Å². The molecule has 1 N–H and O–H groups in total. The molecule has 0 saturated carbocycles. The number of nitrogens with zero attached hydrogens (tertiary/aromatic N) is 4. The SMILES string of the molecule is O=C(c1cncnc1)N(OC1CCCCO1)N1CC(NS(=O)(=O)c2ccc3ccccc3c2)C1. The lowest BCUT2D eigenvalue weighted by molar-refractivity contribution is -0.345. The molecule has 2 aliphatic rings. The van der Waals surface area contributed by atoms with Crippen molar-refractivity contribution in [2.45, 2.75) is 36.5 Å². The minimum atomic E-state index is -3.73. The smallest absolute Gasteiger partial charge is 0.295 e. The van der Waals surface area contributed by atoms with Crippen LogP contribution in [0.2, 0.25) is 0 Å². The summed E-state index contributed by atoms with van der Waals surface area (Å²) in [7, 11) is -3.73. The van der Waals surface area contributed by atoms with Crippen molar-refractivity contribution in [2.75, 3.05) is 19.7 Å². The van der Waals surface area contributed by atoms with Crippen molar-refractivity contribution in [2.24, 2.45) is 0 Å². The summed E-state index contributed by atoms with van der Waals surface area (Å²) < 4.78 is 34.2. The van der Waals surface area contributed by atoms with E-state index in [0.717, 1.165) is 28.8 Å². The molecule has 2 fully saturated rings. The minimum absolute atomic E-state index is 0.200. The highest BCUT2D eigenvalue weighted by Crippen LogP contribution is 2.23. The molecule has 1 amide bonds. The highest BCUT2D eigenvalue weighted by atomic mass is 32.2. The number of ether oxygens (including phenoxy) is 1. The number of fused-ring (bicyclic) bond motifs is 1. The molecular formula is C23H25N5O5S. The zero-order chi connectivity index (χ0) is 23.5. The number of rotatable bonds is 7. The van der Waals surface area contributed by atoms with Crippen molar-refractivity contribution >= 4 is 26.7 Å². The largest absolute Gasteiger partial charge is 0.350 e. The maximum Gasteiger partial charge on any atom is 0.295 e. The normalized spacial score (nSPS) is 19.6. The van der Waals surface area contributed by atoms with Crippen molar-refractivity contribution in [3.05, 3.63) is 66.7 Å². The van der Waals surface area contributed by atoms with Gasteiger partial charge in [0.05, 0.1) is 16.5 Å². The van der Waals surface area contributed by atoms with Crippen molar-refractivity contribution < 1.29 is 22.8 Å². The molecule has 0 aliphatic carbocycles. The molecule has 1 aromatic heterocycles. The monoisotopic (exact) mass is 483 g/mol. The molecule has 178 valence electrons. The van der Waals surface area contributed by atoms with E-state index < -0.39 is 22.2 Å². The molecular weight excluding hydrogens is 458 g/mol. The Morgan fingerprint density at radius 3 is 2.59 bits per heavy atom. The Kier molecular flexibility index (Phi) is 6.53. The number of carbonyl (C=O) groups is 1. The summed E-state index contributed by atoms with van der Waals surface area (Å²) in [5, 5.41) is 4.61. The first-order chi connectivity index (χ1) is 16.5. The molecule has 11 heteroatoms. The van der Waals surface area contributed by atoms with Gasteiger partial charge in [0.15, 0.2) is 6.29 Å². The lowest BCUT2D eigenvalue weighted by Gasteiger charge is -2.45. The van der Waals surface area contributed by atoms with Gasteiger partial charge in [-0.05, 0) is 35.7 Å². The zero-order valence-electron chi connectivity index (χ0n) is 18.4. The highest BCUT2D eigenvalue weighted by molar-refractivity contribution is 7.89. The molecule has 5 rings (SSSR count). The number of benzene rings is 2. The van der Waals surface area contributed by atoms with Crippen LogP contribution in [-0.4, -0.2) is 66.5 Å². The first-order valence-electron chi connectivity index (χ1n) is 11.1. The van der Waals surface area contributed by atoms with Crippen LogP contribution >= 0.6 is 0 Å². The quantitative estimate of drug-likeness (QED) is 0.509. The zero-order valence-corrected chi connectivity index (χ0v) is 19.2. The van der Waals surface area contributed by atoms with Gasteiger partial charge in [0.2, 0.25) is 10.0 Å². The Morgan fingerprint density at radius 1 is 1.09 bits per heavy atom. The predicted octanol–water partition coefficient (Wildman–Crippen LogP) is 2.11. The van der Waals surface area contributed by atoms with Gasteiger partial charge in [-0.15, -0.1) is 5.17 Å². The van der Waals surface area contributed by atoms with Gasteiger partial charge in [-0.3, -0.25) is 4.79 Å². The predicted molar refractivity (Wildman–Crippen MR) is 123 cm³/mol. The van der Waals surface area contributed by atoms with Gasteiger partial charge in [0.25, 0.3) is 5.91 Å². The number of hydroxylamine groups is 1. The summed E-state index contributed by atoms with van der Waals surface area (Å²) in [5.74, 6) is -0.439. The highest BCUT2D eigenvalue weighted by Gasteiger charge is 2.39. The van der Waals surface area contributed by atoms with Crippen LogP contribution in [0.3, 0.4) is 0 Å². The molecule has 0 radical (unpaired) electrons. The van der Waals surface area contributed by atoms with E-state index in [0.29, 0.717) is 13.0 Å². The molecule has 10 nitrogen and oxygen atoms in total. The molecule has 3 heterocycles. The van der Waals surface area contributed by atoms with Gasteiger partial charge in [-0.1, -0.05) is 30.3 Å². The lowest BCUT2D eigenvalue weighted by Crippen LogP contribution is -2.66. The second-order valence-electron chi connectivity index (χ2n) is 8.31. The van der Waals surface area contributed by atoms with Gasteiger partial charge < -0.3 is 4.74 Å². The van der Waals surface area contributed by atoms with E-state index in [9.17, 15) is 13.2 Å². The minimum Gasteiger partial charge on any atom is -0.350 e. The number of sulfonamides is 1. The van der Waals surface area contributed by atoms with Crippen molar-refractivity contribution in [3.63, 3.8) is 0 Å². The maximum atomic E-state index is 13.1. The summed E-state index contributed by atoms with van der Waals surface area (Å²) in [4.78, 5) is 27.0. The summed E-state index contributed by atoms with van der Waals surface area (Å²) >= 11 is 0. The number of aromatic nitrogens is 2. The fraction of sp³-hybridized carbons (Fsp3) is 0.348. The third-order valence-corrected chi connectivity index (χ3v) is 7.33. The van der Waals surface area contributed by atoms with E-state index in [4.69, 9.17) is 9.57 Å². The number of hydrogen-bond acceptors (Lipinski definition) is 8. The molecule has 34 heavy (non-hydrogen) atoms. The number of hydrazine groups is 1. The Bertz CT molecular complexity index is 1260. The maximum absolute atomic E-state index is 13.1. The summed E-state index contributed by atoms with van der Waals surface area (Å²) in [5.41, 5.74) is 0.263. The summed E-state index contributed by atoms with van der Waals surface area (Å²) in [6.07, 6.45) is 6.17. The number of amides is 1. The molecule has 1 unspecified atom stereocenters. The third-order valence-electron chi connectivity index (χ3n) is 5.81. The Balaban J connectivity index is 1.27. The van der Waals surface area contributed by atoms with Crippen LogP contribution < -0.4 is 4.72 Å². The van der Waals surface area contributed by atoms with Crippen LogP contribution in [0, 0.1) is 0 Å². The Labute approximate surface area is 197 Å². The van der Waals surface area contributed by atoms with E-state index >= 15 is 0 Å². The average Bonchev–Trinajstić information content (AvgIpc) is 2.85. The topological polar surface area (TPSA) is 114 Å². The number of hydrogen-bond donors (Lipinski definition) is 1. The average molecular weight is 484 g/mol. The summed E-state index contributed by atoms with van der Waals surface area (Å²) in [6.45, 7) is 1.09. The first-order valence-corrected chi connectivity index (χ1v) is 12.6. The van der Waals surface area contributed by atoms with Gasteiger partial charge >= 0.3 is 0 Å². The second-order valence-corrected chi connectivity index (χ2v) is 10.0.